The Labute approximate surface area is 138 Å². The molecular weight excluding hydrogens is 306 g/mol. The Kier molecular flexibility index (Phi) is 4.16. The molecule has 0 saturated heterocycles. The highest BCUT2D eigenvalue weighted by Gasteiger charge is 2.13. The van der Waals surface area contributed by atoms with E-state index in [1.807, 2.05) is 38.1 Å². The zero-order valence-corrected chi connectivity index (χ0v) is 13.9. The van der Waals surface area contributed by atoms with Crippen LogP contribution in [0.15, 0.2) is 41.6 Å². The molecule has 0 aliphatic heterocycles. The molecule has 7 heteroatoms. The molecule has 1 N–H and O–H groups in total. The Morgan fingerprint density at radius 1 is 1.29 bits per heavy atom. The van der Waals surface area contributed by atoms with Gasteiger partial charge in [0.15, 0.2) is 5.52 Å². The normalized spacial score (nSPS) is 12.3. The molecule has 24 heavy (non-hydrogen) atoms. The number of benzene rings is 1. The third kappa shape index (κ3) is 3.05. The molecule has 3 aromatic rings. The number of carbonyl (C=O) groups excluding carboxylic acids is 1. The molecule has 0 unspecified atom stereocenters. The van der Waals surface area contributed by atoms with Crippen molar-refractivity contribution in [3.05, 3.63) is 58.3 Å². The third-order valence-corrected chi connectivity index (χ3v) is 3.99. The van der Waals surface area contributed by atoms with Crippen LogP contribution in [0.25, 0.3) is 11.0 Å². The lowest BCUT2D eigenvalue weighted by atomic mass is 10.1. The molecule has 7 nitrogen and oxygen atoms in total. The zero-order chi connectivity index (χ0) is 17.3. The lowest BCUT2D eigenvalue weighted by Gasteiger charge is -2.15. The van der Waals surface area contributed by atoms with Crippen molar-refractivity contribution in [2.24, 2.45) is 7.05 Å². The van der Waals surface area contributed by atoms with E-state index in [1.165, 1.54) is 0 Å². The standard InChI is InChI=1S/C17H19N5O2/c1-11-4-6-13(7-5-11)12(2)20-15(23)9-22-17(24)16-14(8-19-22)21(3)10-18-16/h4-8,10,12H,9H2,1-3H3,(H,20,23)/t12-/m0/s1. The predicted octanol–water partition coefficient (Wildman–Crippen LogP) is 1.32. The molecular formula is C17H19N5O2. The average Bonchev–Trinajstić information content (AvgIpc) is 2.92. The first-order chi connectivity index (χ1) is 11.5. The van der Waals surface area contributed by atoms with Crippen molar-refractivity contribution in [2.45, 2.75) is 26.4 Å². The number of aromatic nitrogens is 4. The van der Waals surface area contributed by atoms with E-state index < -0.39 is 0 Å². The van der Waals surface area contributed by atoms with Gasteiger partial charge < -0.3 is 9.88 Å². The second kappa shape index (κ2) is 6.27. The van der Waals surface area contributed by atoms with Crippen molar-refractivity contribution < 1.29 is 4.79 Å². The number of carbonyl (C=O) groups is 1. The molecule has 2 heterocycles. The maximum Gasteiger partial charge on any atom is 0.295 e. The number of fused-ring (bicyclic) bond motifs is 1. The Morgan fingerprint density at radius 2 is 2.00 bits per heavy atom. The lowest BCUT2D eigenvalue weighted by molar-refractivity contribution is -0.122. The van der Waals surface area contributed by atoms with Crippen LogP contribution in [0, 0.1) is 6.92 Å². The Bertz CT molecular complexity index is 940. The largest absolute Gasteiger partial charge is 0.348 e. The molecule has 0 fully saturated rings. The first-order valence-electron chi connectivity index (χ1n) is 7.69. The second-order valence-corrected chi connectivity index (χ2v) is 5.90. The van der Waals surface area contributed by atoms with E-state index in [-0.39, 0.29) is 24.1 Å². The fraction of sp³-hybridized carbons (Fsp3) is 0.294. The molecule has 0 bridgehead atoms. The van der Waals surface area contributed by atoms with E-state index in [9.17, 15) is 9.59 Å². The van der Waals surface area contributed by atoms with Crippen LogP contribution < -0.4 is 10.9 Å². The van der Waals surface area contributed by atoms with Crippen molar-refractivity contribution in [1.29, 1.82) is 0 Å². The number of aryl methyl sites for hydroxylation is 2. The van der Waals surface area contributed by atoms with Crippen molar-refractivity contribution >= 4 is 16.9 Å². The van der Waals surface area contributed by atoms with E-state index in [4.69, 9.17) is 0 Å². The fourth-order valence-electron chi connectivity index (χ4n) is 2.53. The molecule has 0 spiro atoms. The van der Waals surface area contributed by atoms with E-state index in [0.717, 1.165) is 15.8 Å². The van der Waals surface area contributed by atoms with Gasteiger partial charge in [-0.25, -0.2) is 9.67 Å². The highest BCUT2D eigenvalue weighted by Crippen LogP contribution is 2.13. The van der Waals surface area contributed by atoms with Gasteiger partial charge in [0.05, 0.1) is 24.1 Å². The van der Waals surface area contributed by atoms with Crippen molar-refractivity contribution in [3.8, 4) is 0 Å². The highest BCUT2D eigenvalue weighted by molar-refractivity contribution is 5.77. The quantitative estimate of drug-likeness (QED) is 0.784. The van der Waals surface area contributed by atoms with Crippen LogP contribution >= 0.6 is 0 Å². The van der Waals surface area contributed by atoms with E-state index >= 15 is 0 Å². The molecule has 124 valence electrons. The zero-order valence-electron chi connectivity index (χ0n) is 13.9. The summed E-state index contributed by atoms with van der Waals surface area (Å²) in [6.45, 7) is 3.78. The summed E-state index contributed by atoms with van der Waals surface area (Å²) in [5, 5.41) is 6.93. The summed E-state index contributed by atoms with van der Waals surface area (Å²) >= 11 is 0. The van der Waals surface area contributed by atoms with Crippen molar-refractivity contribution in [3.63, 3.8) is 0 Å². The summed E-state index contributed by atoms with van der Waals surface area (Å²) in [7, 11) is 1.79. The lowest BCUT2D eigenvalue weighted by Crippen LogP contribution is -2.35. The summed E-state index contributed by atoms with van der Waals surface area (Å²) in [6.07, 6.45) is 3.10. The van der Waals surface area contributed by atoms with E-state index in [0.29, 0.717) is 11.0 Å². The smallest absolute Gasteiger partial charge is 0.295 e. The average molecular weight is 325 g/mol. The minimum Gasteiger partial charge on any atom is -0.348 e. The molecule has 1 aromatic carbocycles. The monoisotopic (exact) mass is 325 g/mol. The third-order valence-electron chi connectivity index (χ3n) is 3.99. The van der Waals surface area contributed by atoms with Crippen LogP contribution in [0.3, 0.4) is 0 Å². The second-order valence-electron chi connectivity index (χ2n) is 5.90. The molecule has 0 aliphatic rings. The summed E-state index contributed by atoms with van der Waals surface area (Å²) in [4.78, 5) is 28.6. The van der Waals surface area contributed by atoms with Gasteiger partial charge in [0.1, 0.15) is 6.54 Å². The number of rotatable bonds is 4. The number of imidazole rings is 1. The van der Waals surface area contributed by atoms with Crippen LogP contribution in [0.4, 0.5) is 0 Å². The number of nitrogens with zero attached hydrogens (tertiary/aromatic N) is 4. The number of nitrogens with one attached hydrogen (secondary N) is 1. The Morgan fingerprint density at radius 3 is 2.71 bits per heavy atom. The minimum atomic E-state index is -0.369. The first-order valence-corrected chi connectivity index (χ1v) is 7.69. The Balaban J connectivity index is 1.74. The van der Waals surface area contributed by atoms with Gasteiger partial charge in [-0.2, -0.15) is 5.10 Å². The SMILES string of the molecule is Cc1ccc([C@H](C)NC(=O)Cn2ncc3c(ncn3C)c2=O)cc1. The van der Waals surface area contributed by atoms with Crippen LogP contribution in [0.1, 0.15) is 24.1 Å². The topological polar surface area (TPSA) is 81.8 Å². The van der Waals surface area contributed by atoms with Crippen molar-refractivity contribution in [1.82, 2.24) is 24.6 Å². The minimum absolute atomic E-state index is 0.137. The number of amides is 1. The summed E-state index contributed by atoms with van der Waals surface area (Å²) in [5.74, 6) is -0.270. The van der Waals surface area contributed by atoms with Crippen LogP contribution in [0.2, 0.25) is 0 Å². The number of hydrogen-bond acceptors (Lipinski definition) is 4. The summed E-state index contributed by atoms with van der Waals surface area (Å²) < 4.78 is 2.85. The maximum absolute atomic E-state index is 12.3. The number of hydrogen-bond donors (Lipinski definition) is 1. The maximum atomic E-state index is 12.3. The van der Waals surface area contributed by atoms with Gasteiger partial charge in [-0.15, -0.1) is 0 Å². The fourth-order valence-corrected chi connectivity index (χ4v) is 2.53. The molecule has 2 aromatic heterocycles. The van der Waals surface area contributed by atoms with Crippen LogP contribution in [0.5, 0.6) is 0 Å². The molecule has 1 atom stereocenters. The molecule has 1 amide bonds. The van der Waals surface area contributed by atoms with Gasteiger partial charge in [-0.3, -0.25) is 9.59 Å². The van der Waals surface area contributed by atoms with Gasteiger partial charge >= 0.3 is 0 Å². The van der Waals surface area contributed by atoms with Gasteiger partial charge in [0.2, 0.25) is 5.91 Å². The van der Waals surface area contributed by atoms with Crippen LogP contribution in [-0.2, 0) is 18.4 Å². The van der Waals surface area contributed by atoms with Gasteiger partial charge in [0, 0.05) is 7.05 Å². The molecule has 0 saturated carbocycles. The first kappa shape index (κ1) is 15.9. The molecule has 3 rings (SSSR count). The van der Waals surface area contributed by atoms with E-state index in [1.54, 1.807) is 24.1 Å². The van der Waals surface area contributed by atoms with Gasteiger partial charge in [0.25, 0.3) is 5.56 Å². The molecule has 0 aliphatic carbocycles. The predicted molar refractivity (Wildman–Crippen MR) is 90.5 cm³/mol. The van der Waals surface area contributed by atoms with E-state index in [2.05, 4.69) is 15.4 Å². The van der Waals surface area contributed by atoms with Crippen molar-refractivity contribution in [2.75, 3.05) is 0 Å². The highest BCUT2D eigenvalue weighted by atomic mass is 16.2. The van der Waals surface area contributed by atoms with Gasteiger partial charge in [-0.05, 0) is 19.4 Å². The Hall–Kier alpha value is -2.96. The molecule has 0 radical (unpaired) electrons. The van der Waals surface area contributed by atoms with Gasteiger partial charge in [-0.1, -0.05) is 29.8 Å². The summed E-state index contributed by atoms with van der Waals surface area (Å²) in [5.41, 5.74) is 2.76. The summed E-state index contributed by atoms with van der Waals surface area (Å²) in [6, 6.07) is 7.81. The van der Waals surface area contributed by atoms with Crippen LogP contribution in [-0.4, -0.2) is 25.2 Å².